The summed E-state index contributed by atoms with van der Waals surface area (Å²) in [5.74, 6) is 0.263. The normalized spacial score (nSPS) is 10.3. The second-order valence-electron chi connectivity index (χ2n) is 5.95. The van der Waals surface area contributed by atoms with E-state index in [1.54, 1.807) is 43.3 Å². The number of hydrogen-bond acceptors (Lipinski definition) is 4. The maximum atomic E-state index is 12.7. The van der Waals surface area contributed by atoms with Gasteiger partial charge in [-0.2, -0.15) is 0 Å². The fourth-order valence-corrected chi connectivity index (χ4v) is 3.59. The molecule has 0 atom stereocenters. The van der Waals surface area contributed by atoms with E-state index in [0.29, 0.717) is 16.3 Å². The van der Waals surface area contributed by atoms with Crippen LogP contribution in [0.25, 0.3) is 10.4 Å². The number of carbonyl (C=O) groups excluding carboxylic acids is 2. The van der Waals surface area contributed by atoms with Crippen molar-refractivity contribution in [2.75, 3.05) is 24.4 Å². The van der Waals surface area contributed by atoms with Crippen LogP contribution in [0.15, 0.2) is 60.7 Å². The number of rotatable bonds is 5. The van der Waals surface area contributed by atoms with E-state index in [2.05, 4.69) is 5.32 Å². The number of amides is 2. The van der Waals surface area contributed by atoms with Crippen LogP contribution in [0.4, 0.5) is 11.4 Å². The molecule has 0 aliphatic rings. The number of nitrogens with zero attached hydrogens (tertiary/aromatic N) is 1. The molecule has 6 heteroatoms. The van der Waals surface area contributed by atoms with Gasteiger partial charge in [-0.1, -0.05) is 30.3 Å². The molecular formula is C21H20N2O3S. The molecule has 1 aromatic heterocycles. The van der Waals surface area contributed by atoms with Crippen LogP contribution in [-0.2, 0) is 4.79 Å². The molecular weight excluding hydrogens is 360 g/mol. The SMILES string of the molecule is COc1cc(-c2ccccc2)sc1C(=O)Nc1ccc(N(C)C(C)=O)cc1. The summed E-state index contributed by atoms with van der Waals surface area (Å²) >= 11 is 1.39. The van der Waals surface area contributed by atoms with Crippen molar-refractivity contribution in [3.05, 3.63) is 65.5 Å². The number of methoxy groups -OCH3 is 1. The molecule has 0 saturated carbocycles. The van der Waals surface area contributed by atoms with E-state index in [-0.39, 0.29) is 11.8 Å². The third-order valence-electron chi connectivity index (χ3n) is 4.17. The molecule has 0 aliphatic carbocycles. The van der Waals surface area contributed by atoms with E-state index in [1.165, 1.54) is 18.3 Å². The molecule has 0 radical (unpaired) electrons. The van der Waals surface area contributed by atoms with E-state index in [1.807, 2.05) is 36.4 Å². The zero-order valence-electron chi connectivity index (χ0n) is 15.4. The summed E-state index contributed by atoms with van der Waals surface area (Å²) < 4.78 is 5.39. The molecule has 2 aromatic carbocycles. The van der Waals surface area contributed by atoms with Gasteiger partial charge in [0.1, 0.15) is 10.6 Å². The number of carbonyl (C=O) groups is 2. The van der Waals surface area contributed by atoms with Gasteiger partial charge in [-0.15, -0.1) is 11.3 Å². The van der Waals surface area contributed by atoms with Crippen LogP contribution in [0, 0.1) is 0 Å². The summed E-state index contributed by atoms with van der Waals surface area (Å²) in [6.07, 6.45) is 0. The van der Waals surface area contributed by atoms with Gasteiger partial charge in [0.15, 0.2) is 0 Å². The largest absolute Gasteiger partial charge is 0.495 e. The topological polar surface area (TPSA) is 58.6 Å². The van der Waals surface area contributed by atoms with Crippen molar-refractivity contribution < 1.29 is 14.3 Å². The third-order valence-corrected chi connectivity index (χ3v) is 5.33. The van der Waals surface area contributed by atoms with Gasteiger partial charge in [0, 0.05) is 30.2 Å². The molecule has 0 spiro atoms. The molecule has 3 rings (SSSR count). The van der Waals surface area contributed by atoms with Crippen molar-refractivity contribution in [2.45, 2.75) is 6.92 Å². The monoisotopic (exact) mass is 380 g/mol. The molecule has 0 saturated heterocycles. The first-order chi connectivity index (χ1) is 13.0. The van der Waals surface area contributed by atoms with Gasteiger partial charge < -0.3 is 15.0 Å². The third kappa shape index (κ3) is 4.17. The number of nitrogens with one attached hydrogen (secondary N) is 1. The van der Waals surface area contributed by atoms with Gasteiger partial charge in [-0.25, -0.2) is 0 Å². The number of benzene rings is 2. The Hall–Kier alpha value is -3.12. The predicted octanol–water partition coefficient (Wildman–Crippen LogP) is 4.66. The minimum absolute atomic E-state index is 0.0523. The Bertz CT molecular complexity index is 949. The molecule has 5 nitrogen and oxygen atoms in total. The lowest BCUT2D eigenvalue weighted by Gasteiger charge is -2.15. The van der Waals surface area contributed by atoms with Crippen LogP contribution in [0.3, 0.4) is 0 Å². The Kier molecular flexibility index (Phi) is 5.57. The highest BCUT2D eigenvalue weighted by Gasteiger charge is 2.18. The van der Waals surface area contributed by atoms with Crippen LogP contribution in [0.5, 0.6) is 5.75 Å². The first-order valence-corrected chi connectivity index (χ1v) is 9.20. The van der Waals surface area contributed by atoms with Crippen LogP contribution in [0.1, 0.15) is 16.6 Å². The smallest absolute Gasteiger partial charge is 0.269 e. The molecule has 1 heterocycles. The molecule has 27 heavy (non-hydrogen) atoms. The van der Waals surface area contributed by atoms with Gasteiger partial charge in [0.2, 0.25) is 5.91 Å². The zero-order chi connectivity index (χ0) is 19.4. The lowest BCUT2D eigenvalue weighted by atomic mass is 10.2. The quantitative estimate of drug-likeness (QED) is 0.700. The number of anilines is 2. The highest BCUT2D eigenvalue weighted by molar-refractivity contribution is 7.17. The standard InChI is InChI=1S/C21H20N2O3S/c1-14(24)23(2)17-11-9-16(10-12-17)22-21(25)20-18(26-3)13-19(27-20)15-7-5-4-6-8-15/h4-13H,1-3H3,(H,22,25). The van der Waals surface area contributed by atoms with Gasteiger partial charge in [-0.05, 0) is 35.9 Å². The molecule has 2 amide bonds. The first kappa shape index (κ1) is 18.7. The summed E-state index contributed by atoms with van der Waals surface area (Å²) in [7, 11) is 3.26. The van der Waals surface area contributed by atoms with Crippen molar-refractivity contribution in [3.63, 3.8) is 0 Å². The maximum Gasteiger partial charge on any atom is 0.269 e. The van der Waals surface area contributed by atoms with E-state index in [9.17, 15) is 9.59 Å². The highest BCUT2D eigenvalue weighted by Crippen LogP contribution is 2.36. The summed E-state index contributed by atoms with van der Waals surface area (Å²) in [6.45, 7) is 1.50. The Balaban J connectivity index is 1.80. The second kappa shape index (κ2) is 8.05. The van der Waals surface area contributed by atoms with Crippen molar-refractivity contribution in [1.29, 1.82) is 0 Å². The van der Waals surface area contributed by atoms with E-state index in [4.69, 9.17) is 4.74 Å². The van der Waals surface area contributed by atoms with Gasteiger partial charge >= 0.3 is 0 Å². The van der Waals surface area contributed by atoms with Gasteiger partial charge in [0.05, 0.1) is 7.11 Å². The predicted molar refractivity (Wildman–Crippen MR) is 110 cm³/mol. The van der Waals surface area contributed by atoms with Crippen LogP contribution >= 0.6 is 11.3 Å². The second-order valence-corrected chi connectivity index (χ2v) is 7.01. The van der Waals surface area contributed by atoms with E-state index >= 15 is 0 Å². The fraction of sp³-hybridized carbons (Fsp3) is 0.143. The Labute approximate surface area is 162 Å². The first-order valence-electron chi connectivity index (χ1n) is 8.38. The van der Waals surface area contributed by atoms with Crippen LogP contribution in [0.2, 0.25) is 0 Å². The van der Waals surface area contributed by atoms with E-state index < -0.39 is 0 Å². The molecule has 1 N–H and O–H groups in total. The van der Waals surface area contributed by atoms with Crippen molar-refractivity contribution >= 4 is 34.5 Å². The van der Waals surface area contributed by atoms with Gasteiger partial charge in [-0.3, -0.25) is 9.59 Å². The van der Waals surface area contributed by atoms with Crippen LogP contribution in [-0.4, -0.2) is 26.0 Å². The number of hydrogen-bond donors (Lipinski definition) is 1. The molecule has 0 unspecified atom stereocenters. The molecule has 138 valence electrons. The maximum absolute atomic E-state index is 12.7. The molecule has 0 aliphatic heterocycles. The molecule has 3 aromatic rings. The Morgan fingerprint density at radius 1 is 1.04 bits per heavy atom. The highest BCUT2D eigenvalue weighted by atomic mass is 32.1. The zero-order valence-corrected chi connectivity index (χ0v) is 16.2. The molecule has 0 fully saturated rings. The van der Waals surface area contributed by atoms with E-state index in [0.717, 1.165) is 16.1 Å². The lowest BCUT2D eigenvalue weighted by molar-refractivity contribution is -0.116. The fourth-order valence-electron chi connectivity index (χ4n) is 2.57. The lowest BCUT2D eigenvalue weighted by Crippen LogP contribution is -2.22. The minimum atomic E-state index is -0.230. The summed E-state index contributed by atoms with van der Waals surface area (Å²) in [5, 5.41) is 2.88. The average Bonchev–Trinajstić information content (AvgIpc) is 3.13. The summed E-state index contributed by atoms with van der Waals surface area (Å²) in [4.78, 5) is 27.2. The Morgan fingerprint density at radius 3 is 2.30 bits per heavy atom. The van der Waals surface area contributed by atoms with Crippen LogP contribution < -0.4 is 15.0 Å². The van der Waals surface area contributed by atoms with Crippen molar-refractivity contribution in [2.24, 2.45) is 0 Å². The summed E-state index contributed by atoms with van der Waals surface area (Å²) in [5.41, 5.74) is 2.45. The average molecular weight is 380 g/mol. The number of thiophene rings is 1. The Morgan fingerprint density at radius 2 is 1.70 bits per heavy atom. The number of ether oxygens (including phenoxy) is 1. The van der Waals surface area contributed by atoms with Gasteiger partial charge in [0.25, 0.3) is 5.91 Å². The minimum Gasteiger partial charge on any atom is -0.495 e. The van der Waals surface area contributed by atoms with Crippen molar-refractivity contribution in [3.8, 4) is 16.2 Å². The van der Waals surface area contributed by atoms with Crippen molar-refractivity contribution in [1.82, 2.24) is 0 Å². The molecule has 0 bridgehead atoms. The summed E-state index contributed by atoms with van der Waals surface area (Å²) in [6, 6.07) is 18.9.